The Morgan fingerprint density at radius 1 is 1.21 bits per heavy atom. The quantitative estimate of drug-likeness (QED) is 0.661. The smallest absolute Gasteiger partial charge is 0.415 e. The summed E-state index contributed by atoms with van der Waals surface area (Å²) in [5, 5.41) is 21.0. The Labute approximate surface area is 190 Å². The summed E-state index contributed by atoms with van der Waals surface area (Å²) >= 11 is 0. The molecule has 0 spiro atoms. The van der Waals surface area contributed by atoms with Crippen molar-refractivity contribution >= 4 is 11.8 Å². The van der Waals surface area contributed by atoms with Crippen LogP contribution in [0.1, 0.15) is 11.3 Å². The molecule has 1 amide bonds. The Bertz CT molecular complexity index is 1290. The van der Waals surface area contributed by atoms with Crippen molar-refractivity contribution < 1.29 is 9.53 Å². The number of hydrogen-bond donors (Lipinski definition) is 1. The lowest BCUT2D eigenvalue weighted by Crippen LogP contribution is -2.35. The number of fused-ring (bicyclic) bond motifs is 4. The highest BCUT2D eigenvalue weighted by Crippen LogP contribution is 2.60. The number of nitrogens with one attached hydrogen (secondary N) is 1. The van der Waals surface area contributed by atoms with Crippen molar-refractivity contribution in [2.45, 2.75) is 30.5 Å². The molecule has 9 nitrogen and oxygen atoms in total. The zero-order valence-corrected chi connectivity index (χ0v) is 17.8. The molecule has 1 N–H and O–H groups in total. The molecule has 3 aromatic rings. The topological polar surface area (TPSA) is 109 Å². The van der Waals surface area contributed by atoms with Gasteiger partial charge in [-0.1, -0.05) is 17.3 Å². The van der Waals surface area contributed by atoms with Crippen LogP contribution in [0.3, 0.4) is 0 Å². The van der Waals surface area contributed by atoms with Crippen LogP contribution in [0.4, 0.5) is 10.5 Å². The Morgan fingerprint density at radius 3 is 2.79 bits per heavy atom. The van der Waals surface area contributed by atoms with Crippen LogP contribution in [0.25, 0.3) is 11.1 Å². The van der Waals surface area contributed by atoms with Gasteiger partial charge in [-0.05, 0) is 35.7 Å². The third-order valence-electron chi connectivity index (χ3n) is 7.80. The van der Waals surface area contributed by atoms with Crippen molar-refractivity contribution in [1.82, 2.24) is 25.3 Å². The fraction of sp³-hybridized carbons (Fsp3) is 0.375. The van der Waals surface area contributed by atoms with Crippen LogP contribution in [0, 0.1) is 23.2 Å². The van der Waals surface area contributed by atoms with Gasteiger partial charge in [-0.2, -0.15) is 5.26 Å². The van der Waals surface area contributed by atoms with Crippen molar-refractivity contribution in [2.24, 2.45) is 11.8 Å². The Hall–Kier alpha value is -3.77. The zero-order chi connectivity index (χ0) is 22.2. The lowest BCUT2D eigenvalue weighted by molar-refractivity contribution is 0.117. The largest absolute Gasteiger partial charge is 0.442 e. The lowest BCUT2D eigenvalue weighted by atomic mass is 9.95. The first-order valence-corrected chi connectivity index (χ1v) is 11.2. The van der Waals surface area contributed by atoms with E-state index in [1.54, 1.807) is 22.0 Å². The number of carbonyl (C=O) groups is 1. The summed E-state index contributed by atoms with van der Waals surface area (Å²) in [4.78, 5) is 19.0. The zero-order valence-electron chi connectivity index (χ0n) is 17.8. The van der Waals surface area contributed by atoms with E-state index in [0.717, 1.165) is 47.6 Å². The lowest BCUT2D eigenvalue weighted by Gasteiger charge is -2.16. The first-order chi connectivity index (χ1) is 16.2. The number of amides is 1. The average molecular weight is 439 g/mol. The van der Waals surface area contributed by atoms with Gasteiger partial charge < -0.3 is 10.1 Å². The summed E-state index contributed by atoms with van der Waals surface area (Å²) in [7, 11) is 0. The monoisotopic (exact) mass is 439 g/mol. The van der Waals surface area contributed by atoms with Crippen LogP contribution in [0.2, 0.25) is 0 Å². The number of piperidine rings is 1. The maximum Gasteiger partial charge on any atom is 0.415 e. The molecule has 4 aliphatic rings. The maximum absolute atomic E-state index is 12.6. The van der Waals surface area contributed by atoms with Crippen molar-refractivity contribution in [1.29, 1.82) is 5.26 Å². The van der Waals surface area contributed by atoms with Gasteiger partial charge in [0.2, 0.25) is 0 Å². The van der Waals surface area contributed by atoms with E-state index in [0.29, 0.717) is 18.4 Å². The number of hydrogen-bond acceptors (Lipinski definition) is 7. The summed E-state index contributed by atoms with van der Waals surface area (Å²) in [5.74, 6) is 0.749. The van der Waals surface area contributed by atoms with E-state index in [2.05, 4.69) is 33.8 Å². The number of pyridine rings is 1. The molecule has 5 atom stereocenters. The molecule has 0 bridgehead atoms. The van der Waals surface area contributed by atoms with Crippen LogP contribution in [0.5, 0.6) is 0 Å². The van der Waals surface area contributed by atoms with E-state index in [1.165, 1.54) is 0 Å². The average Bonchev–Trinajstić information content (AvgIpc) is 3.44. The van der Waals surface area contributed by atoms with Crippen molar-refractivity contribution in [3.63, 3.8) is 0 Å². The summed E-state index contributed by atoms with van der Waals surface area (Å²) in [5.41, 5.74) is 4.54. The van der Waals surface area contributed by atoms with E-state index < -0.39 is 5.41 Å². The minimum Gasteiger partial charge on any atom is -0.442 e. The summed E-state index contributed by atoms with van der Waals surface area (Å²) in [6.45, 7) is 2.27. The minimum atomic E-state index is -0.425. The van der Waals surface area contributed by atoms with Gasteiger partial charge in [-0.3, -0.25) is 9.88 Å². The third kappa shape index (κ3) is 2.55. The van der Waals surface area contributed by atoms with Crippen LogP contribution in [-0.4, -0.2) is 51.3 Å². The van der Waals surface area contributed by atoms with Gasteiger partial charge in [-0.25, -0.2) is 9.48 Å². The van der Waals surface area contributed by atoms with E-state index in [-0.39, 0.29) is 18.2 Å². The number of cyclic esters (lactones) is 1. The van der Waals surface area contributed by atoms with Crippen LogP contribution < -0.4 is 10.2 Å². The Balaban J connectivity index is 1.15. The van der Waals surface area contributed by atoms with Gasteiger partial charge in [0.05, 0.1) is 36.2 Å². The molecular weight excluding hydrogens is 418 g/mol. The minimum absolute atomic E-state index is 0.0502. The van der Waals surface area contributed by atoms with Crippen molar-refractivity contribution in [2.75, 3.05) is 18.0 Å². The van der Waals surface area contributed by atoms with Crippen LogP contribution >= 0.6 is 0 Å². The predicted molar refractivity (Wildman–Crippen MR) is 117 cm³/mol. The Kier molecular flexibility index (Phi) is 3.77. The molecule has 2 saturated heterocycles. The molecule has 33 heavy (non-hydrogen) atoms. The number of nitrogens with zero attached hydrogens (tertiary/aromatic N) is 6. The molecule has 9 heteroatoms. The van der Waals surface area contributed by atoms with Gasteiger partial charge in [0.15, 0.2) is 0 Å². The summed E-state index contributed by atoms with van der Waals surface area (Å²) in [6.07, 6.45) is 5.41. The maximum atomic E-state index is 12.6. The highest BCUT2D eigenvalue weighted by molar-refractivity contribution is 5.94. The number of nitriles is 1. The molecule has 7 rings (SSSR count). The molecule has 5 heterocycles. The standard InChI is InChI=1S/C24H21N7O2/c25-13-24(17-10-26-11-18(17)24)22-4-2-15(9-27-22)14-1-3-19-16(7-14)8-20-21(33-23(32)31(19)20)12-30-6-5-28-29-30/h1-7,9,17-18,20-21,26H,8,10-12H2/t17-,18+,20-,21-,24+/m0/s1. The van der Waals surface area contributed by atoms with Gasteiger partial charge in [-0.15, -0.1) is 5.10 Å². The van der Waals surface area contributed by atoms with E-state index in [1.807, 2.05) is 24.4 Å². The SMILES string of the molecule is N#C[C@]1(c2ccc(-c3ccc4c(c3)C[C@H]3[C@H](Cn5ccnn5)OC(=O)N43)cn2)[C@@H]2CNC[C@@H]21. The fourth-order valence-electron chi connectivity index (χ4n) is 6.08. The molecule has 3 aliphatic heterocycles. The van der Waals surface area contributed by atoms with Crippen LogP contribution in [0.15, 0.2) is 48.9 Å². The van der Waals surface area contributed by atoms with Gasteiger partial charge in [0, 0.05) is 42.9 Å². The van der Waals surface area contributed by atoms with Crippen LogP contribution in [-0.2, 0) is 23.1 Å². The second-order valence-electron chi connectivity index (χ2n) is 9.32. The molecule has 2 aromatic heterocycles. The molecule has 1 saturated carbocycles. The number of benzene rings is 1. The first kappa shape index (κ1) is 18.8. The van der Waals surface area contributed by atoms with E-state index in [9.17, 15) is 10.1 Å². The number of carbonyl (C=O) groups excluding carboxylic acids is 1. The highest BCUT2D eigenvalue weighted by Gasteiger charge is 2.69. The first-order valence-electron chi connectivity index (χ1n) is 11.2. The molecule has 164 valence electrons. The van der Waals surface area contributed by atoms with Gasteiger partial charge in [0.1, 0.15) is 11.5 Å². The number of rotatable bonds is 4. The molecule has 1 aromatic carbocycles. The number of ether oxygens (including phenoxy) is 1. The summed E-state index contributed by atoms with van der Waals surface area (Å²) < 4.78 is 7.32. The third-order valence-corrected chi connectivity index (χ3v) is 7.80. The van der Waals surface area contributed by atoms with Crippen molar-refractivity contribution in [3.8, 4) is 17.2 Å². The van der Waals surface area contributed by atoms with E-state index in [4.69, 9.17) is 9.72 Å². The second kappa shape index (κ2) is 6.62. The number of aromatic nitrogens is 4. The highest BCUT2D eigenvalue weighted by atomic mass is 16.6. The fourth-order valence-corrected chi connectivity index (χ4v) is 6.08. The Morgan fingerprint density at radius 2 is 2.06 bits per heavy atom. The second-order valence-corrected chi connectivity index (χ2v) is 9.32. The molecule has 0 unspecified atom stereocenters. The molecule has 3 fully saturated rings. The number of anilines is 1. The molecule has 0 radical (unpaired) electrons. The van der Waals surface area contributed by atoms with Gasteiger partial charge >= 0.3 is 6.09 Å². The van der Waals surface area contributed by atoms with Crippen molar-refractivity contribution in [3.05, 3.63) is 60.2 Å². The molecular formula is C24H21N7O2. The normalized spacial score (nSPS) is 31.0. The van der Waals surface area contributed by atoms with E-state index >= 15 is 0 Å². The predicted octanol–water partition coefficient (Wildman–Crippen LogP) is 1.90. The summed E-state index contributed by atoms with van der Waals surface area (Å²) in [6, 6.07) is 12.7. The van der Waals surface area contributed by atoms with Gasteiger partial charge in [0.25, 0.3) is 0 Å². The molecule has 1 aliphatic carbocycles.